The average Bonchev–Trinajstić information content (AvgIpc) is 3.59. The predicted octanol–water partition coefficient (Wildman–Crippen LogP) is 14.5. The van der Waals surface area contributed by atoms with E-state index in [1.807, 2.05) is 0 Å². The fourth-order valence-corrected chi connectivity index (χ4v) is 8.81. The van der Waals surface area contributed by atoms with Gasteiger partial charge in [0.1, 0.15) is 0 Å². The van der Waals surface area contributed by atoms with E-state index < -0.39 is 5.41 Å². The van der Waals surface area contributed by atoms with Gasteiger partial charge in [0.25, 0.3) is 0 Å². The summed E-state index contributed by atoms with van der Waals surface area (Å²) in [5.74, 6) is 0. The second kappa shape index (κ2) is 14.2. The molecule has 264 valence electrons. The topological polar surface area (TPSA) is 3.24 Å². The monoisotopic (exact) mass is 713 g/mol. The van der Waals surface area contributed by atoms with Crippen LogP contribution in [0.15, 0.2) is 237 Å². The molecule has 0 fully saturated rings. The van der Waals surface area contributed by atoms with Crippen LogP contribution in [-0.4, -0.2) is 0 Å². The van der Waals surface area contributed by atoms with E-state index in [4.69, 9.17) is 0 Å². The van der Waals surface area contributed by atoms with Crippen LogP contribution in [0.2, 0.25) is 0 Å². The zero-order chi connectivity index (χ0) is 37.3. The summed E-state index contributed by atoms with van der Waals surface area (Å²) in [6, 6.07) is 86.2. The molecule has 9 aromatic rings. The second-order valence-electron chi connectivity index (χ2n) is 14.5. The quantitative estimate of drug-likeness (QED) is 0.152. The molecule has 0 aliphatic heterocycles. The first-order valence-corrected chi connectivity index (χ1v) is 19.3. The van der Waals surface area contributed by atoms with E-state index in [0.717, 1.165) is 17.1 Å². The lowest BCUT2D eigenvalue weighted by Gasteiger charge is -2.34. The Morgan fingerprint density at radius 1 is 0.250 bits per heavy atom. The van der Waals surface area contributed by atoms with Crippen LogP contribution in [0.25, 0.3) is 44.5 Å². The summed E-state index contributed by atoms with van der Waals surface area (Å²) >= 11 is 0. The van der Waals surface area contributed by atoms with Gasteiger partial charge in [-0.1, -0.05) is 194 Å². The summed E-state index contributed by atoms with van der Waals surface area (Å²) in [5, 5.41) is 0. The Hall–Kier alpha value is -7.22. The van der Waals surface area contributed by atoms with E-state index in [2.05, 4.69) is 241 Å². The number of hydrogen-bond donors (Lipinski definition) is 0. The third-order valence-corrected chi connectivity index (χ3v) is 11.3. The largest absolute Gasteiger partial charge is 0.310 e. The lowest BCUT2D eigenvalue weighted by atomic mass is 9.68. The first-order chi connectivity index (χ1) is 27.8. The Kier molecular flexibility index (Phi) is 8.46. The maximum absolute atomic E-state index is 2.42. The van der Waals surface area contributed by atoms with E-state index in [0.29, 0.717) is 0 Å². The predicted molar refractivity (Wildman–Crippen MR) is 235 cm³/mol. The van der Waals surface area contributed by atoms with Gasteiger partial charge in [0.2, 0.25) is 0 Å². The first-order valence-electron chi connectivity index (χ1n) is 19.3. The molecule has 56 heavy (non-hydrogen) atoms. The fourth-order valence-electron chi connectivity index (χ4n) is 8.81. The highest BCUT2D eigenvalue weighted by molar-refractivity contribution is 5.88. The molecule has 0 radical (unpaired) electrons. The van der Waals surface area contributed by atoms with Crippen molar-refractivity contribution in [1.29, 1.82) is 0 Å². The fraction of sp³-hybridized carbons (Fsp3) is 0.0182. The Morgan fingerprint density at radius 2 is 0.661 bits per heavy atom. The first kappa shape index (κ1) is 33.4. The van der Waals surface area contributed by atoms with E-state index in [1.54, 1.807) is 0 Å². The van der Waals surface area contributed by atoms with Crippen LogP contribution in [0.5, 0.6) is 0 Å². The van der Waals surface area contributed by atoms with Crippen LogP contribution in [-0.2, 0) is 5.41 Å². The van der Waals surface area contributed by atoms with Gasteiger partial charge in [0, 0.05) is 17.1 Å². The SMILES string of the molecule is c1ccc(-c2cccc(N(c3ccc(C4(c5ccccc5)c5ccccc5-c5ccccc54)cc3)c3cc(-c4ccccc4)cc(-c4ccccc4)c3)c2)cc1. The maximum Gasteiger partial charge on any atom is 0.0713 e. The minimum atomic E-state index is -0.460. The molecule has 0 saturated carbocycles. The Bertz CT molecular complexity index is 2670. The summed E-state index contributed by atoms with van der Waals surface area (Å²) < 4.78 is 0. The number of anilines is 3. The van der Waals surface area contributed by atoms with Gasteiger partial charge in [-0.05, 0) is 109 Å². The molecule has 1 nitrogen and oxygen atoms in total. The molecule has 0 aromatic heterocycles. The van der Waals surface area contributed by atoms with Gasteiger partial charge in [-0.15, -0.1) is 0 Å². The van der Waals surface area contributed by atoms with E-state index in [1.165, 1.54) is 66.8 Å². The summed E-state index contributed by atoms with van der Waals surface area (Å²) in [6.07, 6.45) is 0. The molecule has 9 aromatic carbocycles. The highest BCUT2D eigenvalue weighted by Gasteiger charge is 2.45. The van der Waals surface area contributed by atoms with Crippen molar-refractivity contribution in [3.63, 3.8) is 0 Å². The van der Waals surface area contributed by atoms with Crippen molar-refractivity contribution in [2.75, 3.05) is 4.90 Å². The Morgan fingerprint density at radius 3 is 1.20 bits per heavy atom. The van der Waals surface area contributed by atoms with Crippen molar-refractivity contribution < 1.29 is 0 Å². The molecular weight excluding hydrogens is 675 g/mol. The second-order valence-corrected chi connectivity index (χ2v) is 14.5. The lowest BCUT2D eigenvalue weighted by molar-refractivity contribution is 0.768. The lowest BCUT2D eigenvalue weighted by Crippen LogP contribution is -2.28. The van der Waals surface area contributed by atoms with Crippen LogP contribution >= 0.6 is 0 Å². The number of hydrogen-bond acceptors (Lipinski definition) is 1. The van der Waals surface area contributed by atoms with Gasteiger partial charge >= 0.3 is 0 Å². The van der Waals surface area contributed by atoms with Gasteiger partial charge in [0.05, 0.1) is 5.41 Å². The molecule has 0 atom stereocenters. The maximum atomic E-state index is 2.42. The van der Waals surface area contributed by atoms with Gasteiger partial charge in [-0.2, -0.15) is 0 Å². The van der Waals surface area contributed by atoms with Gasteiger partial charge in [0.15, 0.2) is 0 Å². The standard InChI is InChI=1S/C55H39N/c1-5-18-40(19-6-1)43-24-17-27-49(37-43)56(50-38-44(41-20-7-2-8-21-41)36-45(39-50)42-22-9-3-10-23-42)48-34-32-47(33-35-48)55(46-25-11-4-12-26-46)53-30-15-13-28-51(53)52-29-14-16-31-54(52)55/h1-39H. The van der Waals surface area contributed by atoms with E-state index >= 15 is 0 Å². The van der Waals surface area contributed by atoms with Crippen molar-refractivity contribution in [2.45, 2.75) is 5.41 Å². The molecule has 0 amide bonds. The molecule has 0 unspecified atom stereocenters. The van der Waals surface area contributed by atoms with Crippen molar-refractivity contribution >= 4 is 17.1 Å². The molecule has 0 spiro atoms. The van der Waals surface area contributed by atoms with Crippen LogP contribution in [0.1, 0.15) is 22.3 Å². The molecule has 1 aliphatic carbocycles. The third kappa shape index (κ3) is 5.73. The molecule has 0 heterocycles. The number of fused-ring (bicyclic) bond motifs is 3. The molecule has 0 bridgehead atoms. The number of rotatable bonds is 8. The van der Waals surface area contributed by atoms with E-state index in [9.17, 15) is 0 Å². The average molecular weight is 714 g/mol. The van der Waals surface area contributed by atoms with Crippen molar-refractivity contribution in [3.8, 4) is 44.5 Å². The highest BCUT2D eigenvalue weighted by Crippen LogP contribution is 2.56. The van der Waals surface area contributed by atoms with Gasteiger partial charge in [-0.25, -0.2) is 0 Å². The van der Waals surface area contributed by atoms with Crippen LogP contribution in [0.3, 0.4) is 0 Å². The zero-order valence-electron chi connectivity index (χ0n) is 31.0. The molecule has 10 rings (SSSR count). The van der Waals surface area contributed by atoms with E-state index in [-0.39, 0.29) is 0 Å². The van der Waals surface area contributed by atoms with Crippen molar-refractivity contribution in [2.24, 2.45) is 0 Å². The van der Waals surface area contributed by atoms with Crippen LogP contribution < -0.4 is 4.90 Å². The molecule has 0 N–H and O–H groups in total. The summed E-state index contributed by atoms with van der Waals surface area (Å²) in [5.41, 5.74) is 17.6. The summed E-state index contributed by atoms with van der Waals surface area (Å²) in [6.45, 7) is 0. The van der Waals surface area contributed by atoms with Gasteiger partial charge in [-0.3, -0.25) is 0 Å². The van der Waals surface area contributed by atoms with Crippen LogP contribution in [0.4, 0.5) is 17.1 Å². The van der Waals surface area contributed by atoms with Crippen molar-refractivity contribution in [3.05, 3.63) is 259 Å². The zero-order valence-corrected chi connectivity index (χ0v) is 31.0. The molecular formula is C55H39N. The minimum Gasteiger partial charge on any atom is -0.310 e. The van der Waals surface area contributed by atoms with Gasteiger partial charge < -0.3 is 4.90 Å². The van der Waals surface area contributed by atoms with Crippen LogP contribution in [0, 0.1) is 0 Å². The minimum absolute atomic E-state index is 0.460. The molecule has 0 saturated heterocycles. The number of nitrogens with zero attached hydrogens (tertiary/aromatic N) is 1. The van der Waals surface area contributed by atoms with Crippen molar-refractivity contribution in [1.82, 2.24) is 0 Å². The highest BCUT2D eigenvalue weighted by atomic mass is 15.1. The smallest absolute Gasteiger partial charge is 0.0713 e. The Balaban J connectivity index is 1.19. The summed E-state index contributed by atoms with van der Waals surface area (Å²) in [4.78, 5) is 2.42. The Labute approximate surface area is 329 Å². The molecule has 1 heteroatoms. The normalized spacial score (nSPS) is 12.4. The molecule has 1 aliphatic rings. The summed E-state index contributed by atoms with van der Waals surface area (Å²) in [7, 11) is 0. The number of benzene rings is 9. The third-order valence-electron chi connectivity index (χ3n) is 11.3.